The molecule has 0 aromatic carbocycles. The Balaban J connectivity index is 2.17. The molecule has 3 atom stereocenters. The van der Waals surface area contributed by atoms with Crippen molar-refractivity contribution in [2.24, 2.45) is 22.7 Å². The lowest BCUT2D eigenvalue weighted by Gasteiger charge is -2.53. The molecule has 0 saturated heterocycles. The van der Waals surface area contributed by atoms with E-state index in [4.69, 9.17) is 4.74 Å². The third-order valence-electron chi connectivity index (χ3n) is 6.83. The van der Waals surface area contributed by atoms with Gasteiger partial charge in [-0.05, 0) is 36.5 Å². The second kappa shape index (κ2) is 5.86. The van der Waals surface area contributed by atoms with Gasteiger partial charge in [0.1, 0.15) is 0 Å². The summed E-state index contributed by atoms with van der Waals surface area (Å²) in [7, 11) is 1.39. The molecule has 0 aromatic rings. The van der Waals surface area contributed by atoms with Crippen molar-refractivity contribution in [1.82, 2.24) is 0 Å². The number of rotatable bonds is 2. The zero-order valence-corrected chi connectivity index (χ0v) is 15.8. The third kappa shape index (κ3) is 2.49. The van der Waals surface area contributed by atoms with Gasteiger partial charge in [-0.1, -0.05) is 45.8 Å². The quantitative estimate of drug-likeness (QED) is 0.600. The third-order valence-corrected chi connectivity index (χ3v) is 6.83. The normalized spacial score (nSPS) is 35.1. The first-order valence-electron chi connectivity index (χ1n) is 9.13. The molecule has 0 amide bonds. The summed E-state index contributed by atoms with van der Waals surface area (Å²) in [4.78, 5) is 25.3. The molecule has 3 aliphatic rings. The molecule has 4 nitrogen and oxygen atoms in total. The molecule has 3 aliphatic carbocycles. The number of carbonyl (C=O) groups excluding carboxylic acids is 2. The van der Waals surface area contributed by atoms with Gasteiger partial charge in [0.15, 0.2) is 11.5 Å². The molecule has 1 fully saturated rings. The molecule has 136 valence electrons. The Morgan fingerprint density at radius 3 is 2.56 bits per heavy atom. The van der Waals surface area contributed by atoms with Crippen LogP contribution in [0.5, 0.6) is 0 Å². The van der Waals surface area contributed by atoms with E-state index >= 15 is 0 Å². The van der Waals surface area contributed by atoms with Gasteiger partial charge in [0.2, 0.25) is 11.6 Å². The number of hydrogen-bond donors (Lipinski definition) is 1. The number of hydrogen-bond acceptors (Lipinski definition) is 4. The molecule has 4 heteroatoms. The standard InChI is InChI=1S/C21H28O4/c1-12-8-9-13-14(7-6-10-20(13,2)3)21(12,4)17-18(23)15(22)11-16(25-5)19(17)24/h9,11-12,14,23H,6-8,10H2,1-5H3/t12-,14+,21+/m0/s1. The van der Waals surface area contributed by atoms with E-state index in [1.807, 2.05) is 6.92 Å². The van der Waals surface area contributed by atoms with Gasteiger partial charge in [0, 0.05) is 11.5 Å². The van der Waals surface area contributed by atoms with Crippen molar-refractivity contribution in [2.75, 3.05) is 7.11 Å². The van der Waals surface area contributed by atoms with Crippen LogP contribution < -0.4 is 0 Å². The predicted molar refractivity (Wildman–Crippen MR) is 95.9 cm³/mol. The van der Waals surface area contributed by atoms with Gasteiger partial charge in [-0.25, -0.2) is 0 Å². The minimum atomic E-state index is -0.573. The molecule has 3 rings (SSSR count). The van der Waals surface area contributed by atoms with Crippen molar-refractivity contribution in [3.8, 4) is 0 Å². The first-order chi connectivity index (χ1) is 11.6. The van der Waals surface area contributed by atoms with E-state index < -0.39 is 17.0 Å². The summed E-state index contributed by atoms with van der Waals surface area (Å²) in [6.07, 6.45) is 7.45. The van der Waals surface area contributed by atoms with Crippen LogP contribution >= 0.6 is 0 Å². The van der Waals surface area contributed by atoms with Gasteiger partial charge in [-0.2, -0.15) is 0 Å². The Morgan fingerprint density at radius 2 is 1.92 bits per heavy atom. The van der Waals surface area contributed by atoms with Crippen LogP contribution in [0.2, 0.25) is 0 Å². The van der Waals surface area contributed by atoms with E-state index in [2.05, 4.69) is 26.8 Å². The lowest BCUT2D eigenvalue weighted by molar-refractivity contribution is -0.121. The highest BCUT2D eigenvalue weighted by Gasteiger charge is 2.54. The summed E-state index contributed by atoms with van der Waals surface area (Å²) in [6.45, 7) is 8.66. The maximum Gasteiger partial charge on any atom is 0.228 e. The Morgan fingerprint density at radius 1 is 1.24 bits per heavy atom. The van der Waals surface area contributed by atoms with Gasteiger partial charge in [-0.15, -0.1) is 0 Å². The van der Waals surface area contributed by atoms with E-state index in [0.29, 0.717) is 0 Å². The van der Waals surface area contributed by atoms with Crippen LogP contribution in [0.4, 0.5) is 0 Å². The number of Topliss-reactive ketones (excluding diaryl/α,β-unsaturated/α-hetero) is 1. The Hall–Kier alpha value is -1.84. The molecule has 0 heterocycles. The highest BCUT2D eigenvalue weighted by atomic mass is 16.5. The Kier molecular flexibility index (Phi) is 4.21. The summed E-state index contributed by atoms with van der Waals surface area (Å²) in [5.41, 5.74) is 1.13. The zero-order chi connectivity index (χ0) is 18.6. The number of aliphatic hydroxyl groups excluding tert-OH is 1. The molecular formula is C21H28O4. The Bertz CT molecular complexity index is 722. The summed E-state index contributed by atoms with van der Waals surface area (Å²) >= 11 is 0. The summed E-state index contributed by atoms with van der Waals surface area (Å²) in [5.74, 6) is -0.947. The summed E-state index contributed by atoms with van der Waals surface area (Å²) in [5, 5.41) is 10.6. The molecule has 0 aromatic heterocycles. The molecule has 0 bridgehead atoms. The van der Waals surface area contributed by atoms with Gasteiger partial charge in [0.05, 0.1) is 12.7 Å². The smallest absolute Gasteiger partial charge is 0.228 e. The monoisotopic (exact) mass is 344 g/mol. The van der Waals surface area contributed by atoms with Crippen LogP contribution in [0.15, 0.2) is 34.8 Å². The number of fused-ring (bicyclic) bond motifs is 1. The van der Waals surface area contributed by atoms with Gasteiger partial charge in [-0.3, -0.25) is 9.59 Å². The number of aliphatic hydroxyl groups is 1. The zero-order valence-electron chi connectivity index (χ0n) is 15.8. The SMILES string of the molecule is COC1=CC(=O)C(O)=C([C@@]2(C)[C@@H]3CCCC(C)(C)C3=CC[C@@H]2C)C1=O. The maximum absolute atomic E-state index is 13.0. The Labute approximate surface area is 149 Å². The van der Waals surface area contributed by atoms with Crippen molar-refractivity contribution in [3.63, 3.8) is 0 Å². The van der Waals surface area contributed by atoms with Crippen molar-refractivity contribution in [2.45, 2.75) is 53.4 Å². The molecule has 25 heavy (non-hydrogen) atoms. The van der Waals surface area contributed by atoms with E-state index in [0.717, 1.165) is 31.8 Å². The predicted octanol–water partition coefficient (Wildman–Crippen LogP) is 4.28. The van der Waals surface area contributed by atoms with E-state index in [9.17, 15) is 14.7 Å². The number of ketones is 2. The van der Waals surface area contributed by atoms with E-state index in [1.54, 1.807) is 0 Å². The number of methoxy groups -OCH3 is 1. The molecule has 1 N–H and O–H groups in total. The first kappa shape index (κ1) is 18.0. The average molecular weight is 344 g/mol. The largest absolute Gasteiger partial charge is 0.504 e. The van der Waals surface area contributed by atoms with Crippen LogP contribution in [-0.2, 0) is 14.3 Å². The van der Waals surface area contributed by atoms with Crippen molar-refractivity contribution in [3.05, 3.63) is 34.8 Å². The minimum absolute atomic E-state index is 0.0254. The average Bonchev–Trinajstić information content (AvgIpc) is 2.54. The van der Waals surface area contributed by atoms with Gasteiger partial charge < -0.3 is 9.84 Å². The lowest BCUT2D eigenvalue weighted by Crippen LogP contribution is -2.47. The fourth-order valence-electron chi connectivity index (χ4n) is 5.13. The molecule has 0 spiro atoms. The first-order valence-corrected chi connectivity index (χ1v) is 9.13. The van der Waals surface area contributed by atoms with Crippen molar-refractivity contribution >= 4 is 11.6 Å². The topological polar surface area (TPSA) is 63.6 Å². The van der Waals surface area contributed by atoms with Crippen LogP contribution in [0.25, 0.3) is 0 Å². The highest BCUT2D eigenvalue weighted by Crippen LogP contribution is 2.60. The number of allylic oxidation sites excluding steroid dienone is 4. The summed E-state index contributed by atoms with van der Waals surface area (Å²) < 4.78 is 5.13. The number of ether oxygens (including phenoxy) is 1. The van der Waals surface area contributed by atoms with Crippen molar-refractivity contribution in [1.29, 1.82) is 0 Å². The van der Waals surface area contributed by atoms with Crippen LogP contribution in [0.3, 0.4) is 0 Å². The highest BCUT2D eigenvalue weighted by molar-refractivity contribution is 6.21. The molecule has 0 unspecified atom stereocenters. The molecule has 0 radical (unpaired) electrons. The number of carbonyl (C=O) groups is 2. The van der Waals surface area contributed by atoms with Crippen LogP contribution in [0, 0.1) is 22.7 Å². The fraction of sp³-hybridized carbons (Fsp3) is 0.619. The van der Waals surface area contributed by atoms with E-state index in [-0.39, 0.29) is 34.4 Å². The van der Waals surface area contributed by atoms with Gasteiger partial charge >= 0.3 is 0 Å². The lowest BCUT2D eigenvalue weighted by atomic mass is 9.50. The molecule has 1 saturated carbocycles. The van der Waals surface area contributed by atoms with Crippen molar-refractivity contribution < 1.29 is 19.4 Å². The molecular weight excluding hydrogens is 316 g/mol. The second-order valence-corrected chi connectivity index (χ2v) is 8.54. The molecule has 0 aliphatic heterocycles. The van der Waals surface area contributed by atoms with E-state index in [1.165, 1.54) is 12.7 Å². The second-order valence-electron chi connectivity index (χ2n) is 8.54. The summed E-state index contributed by atoms with van der Waals surface area (Å²) in [6, 6.07) is 0. The van der Waals surface area contributed by atoms with Crippen LogP contribution in [-0.4, -0.2) is 23.8 Å². The van der Waals surface area contributed by atoms with Gasteiger partial charge in [0.25, 0.3) is 0 Å². The van der Waals surface area contributed by atoms with Crippen LogP contribution in [0.1, 0.15) is 53.4 Å². The maximum atomic E-state index is 13.0. The minimum Gasteiger partial charge on any atom is -0.504 e. The fourth-order valence-corrected chi connectivity index (χ4v) is 5.13.